The maximum atomic E-state index is 9.77. The average molecular weight is 406 g/mol. The van der Waals surface area contributed by atoms with Gasteiger partial charge in [0.15, 0.2) is 0 Å². The summed E-state index contributed by atoms with van der Waals surface area (Å²) >= 11 is 4.49. The third kappa shape index (κ3) is 5.87. The zero-order chi connectivity index (χ0) is 7.82. The van der Waals surface area contributed by atoms with Crippen LogP contribution >= 0.6 is 40.8 Å². The van der Waals surface area contributed by atoms with E-state index in [1.54, 1.807) is 6.08 Å². The first-order chi connectivity index (χ1) is 4.85. The molecule has 0 bridgehead atoms. The monoisotopic (exact) mass is 406 g/mol. The number of allylic oxidation sites excluding steroid dienone is 4. The number of hydrogen-bond donors (Lipinski definition) is 0. The molecule has 0 saturated heterocycles. The van der Waals surface area contributed by atoms with Gasteiger partial charge in [-0.25, -0.2) is 6.08 Å². The normalized spacial score (nSPS) is 14.0. The van der Waals surface area contributed by atoms with Crippen molar-refractivity contribution in [1.29, 1.82) is 0 Å². The van der Waals surface area contributed by atoms with Gasteiger partial charge < -0.3 is 4.79 Å². The van der Waals surface area contributed by atoms with E-state index in [4.69, 9.17) is 0 Å². The minimum atomic E-state index is 0.750. The predicted molar refractivity (Wildman–Crippen MR) is 55.6 cm³/mol. The Labute approximate surface area is 89.3 Å². The SMILES string of the molecule is O=[C-]C1=CC=CC1.[I][Co+][I]. The first kappa shape index (κ1) is 11.1. The van der Waals surface area contributed by atoms with Gasteiger partial charge in [0.05, 0.1) is 0 Å². The summed E-state index contributed by atoms with van der Waals surface area (Å²) in [4.78, 5) is 9.77. The molecule has 1 rings (SSSR count). The van der Waals surface area contributed by atoms with Crippen molar-refractivity contribution in [2.45, 2.75) is 6.42 Å². The number of halogens is 2. The topological polar surface area (TPSA) is 17.1 Å². The van der Waals surface area contributed by atoms with Crippen LogP contribution in [0.1, 0.15) is 6.42 Å². The first-order valence-corrected chi connectivity index (χ1v) is 9.14. The molecular weight excluding hydrogens is 401 g/mol. The Balaban J connectivity index is 0.000000236. The van der Waals surface area contributed by atoms with Crippen LogP contribution in [-0.2, 0) is 13.1 Å². The molecule has 0 amide bonds. The second kappa shape index (κ2) is 8.22. The van der Waals surface area contributed by atoms with Crippen LogP contribution in [0.5, 0.6) is 0 Å². The van der Waals surface area contributed by atoms with Gasteiger partial charge in [0.2, 0.25) is 0 Å². The van der Waals surface area contributed by atoms with E-state index in [1.165, 1.54) is 8.26 Å². The van der Waals surface area contributed by atoms with Crippen LogP contribution < -0.4 is 0 Å². The van der Waals surface area contributed by atoms with Crippen LogP contribution in [0.15, 0.2) is 23.8 Å². The molecule has 0 saturated carbocycles. The molecule has 1 aliphatic carbocycles. The summed E-state index contributed by atoms with van der Waals surface area (Å²) in [5.41, 5.74) is 0.750. The fraction of sp³-hybridized carbons (Fsp3) is 0.167. The molecule has 0 aromatic rings. The Morgan fingerprint density at radius 1 is 1.60 bits per heavy atom. The van der Waals surface area contributed by atoms with Gasteiger partial charge in [-0.05, 0) is 12.7 Å². The second-order valence-electron chi connectivity index (χ2n) is 1.47. The van der Waals surface area contributed by atoms with Gasteiger partial charge in [-0.15, -0.1) is 12.2 Å². The van der Waals surface area contributed by atoms with Crippen molar-refractivity contribution in [1.82, 2.24) is 0 Å². The molecule has 0 aromatic carbocycles. The summed E-state index contributed by atoms with van der Waals surface area (Å²) in [6.07, 6.45) is 8.14. The van der Waals surface area contributed by atoms with Crippen LogP contribution in [-0.4, -0.2) is 6.29 Å². The standard InChI is InChI=1S/C6H5O.Co.2HI/c7-5-6-3-1-2-4-6;;;/h1-3H,4H2;;2*1H/q-1;+3;;/p-2. The Bertz CT molecular complexity index is 154. The van der Waals surface area contributed by atoms with E-state index in [2.05, 4.69) is 40.8 Å². The van der Waals surface area contributed by atoms with Crippen LogP contribution in [0.2, 0.25) is 0 Å². The Morgan fingerprint density at radius 2 is 2.20 bits per heavy atom. The van der Waals surface area contributed by atoms with Crippen molar-refractivity contribution < 1.29 is 13.1 Å². The van der Waals surface area contributed by atoms with E-state index in [-0.39, 0.29) is 0 Å². The summed E-state index contributed by atoms with van der Waals surface area (Å²) < 4.78 is 0. The van der Waals surface area contributed by atoms with Crippen molar-refractivity contribution in [3.63, 3.8) is 0 Å². The van der Waals surface area contributed by atoms with Gasteiger partial charge in [0, 0.05) is 0 Å². The van der Waals surface area contributed by atoms with Crippen molar-refractivity contribution in [3.8, 4) is 0 Å². The van der Waals surface area contributed by atoms with E-state index in [0.717, 1.165) is 12.0 Å². The van der Waals surface area contributed by atoms with Gasteiger partial charge in [-0.3, -0.25) is 0 Å². The van der Waals surface area contributed by atoms with E-state index < -0.39 is 0 Å². The summed E-state index contributed by atoms with van der Waals surface area (Å²) in [6.45, 7) is 0. The van der Waals surface area contributed by atoms with E-state index in [1.807, 2.05) is 18.4 Å². The van der Waals surface area contributed by atoms with Gasteiger partial charge in [-0.2, -0.15) is 5.57 Å². The molecule has 58 valence electrons. The zero-order valence-electron chi connectivity index (χ0n) is 4.94. The quantitative estimate of drug-likeness (QED) is 0.484. The van der Waals surface area contributed by atoms with Crippen LogP contribution in [0.4, 0.5) is 0 Å². The molecule has 0 atom stereocenters. The second-order valence-corrected chi connectivity index (χ2v) is 10.3. The Kier molecular flexibility index (Phi) is 9.13. The van der Waals surface area contributed by atoms with Crippen LogP contribution in [0, 0.1) is 0 Å². The molecule has 0 unspecified atom stereocenters. The fourth-order valence-electron chi connectivity index (χ4n) is 0.523. The molecule has 0 heterocycles. The average Bonchev–Trinajstić information content (AvgIpc) is 2.39. The minimum absolute atomic E-state index is 0.750. The molecule has 0 aliphatic heterocycles. The maximum absolute atomic E-state index is 9.77. The van der Waals surface area contributed by atoms with Gasteiger partial charge in [0.1, 0.15) is 0 Å². The molecule has 4 heteroatoms. The third-order valence-corrected chi connectivity index (χ3v) is 0.902. The molecule has 10 heavy (non-hydrogen) atoms. The van der Waals surface area contributed by atoms with Crippen molar-refractivity contribution >= 4 is 47.1 Å². The molecular formula is C6H5CoI2O. The molecule has 1 aliphatic rings. The third-order valence-electron chi connectivity index (χ3n) is 0.902. The van der Waals surface area contributed by atoms with Crippen LogP contribution in [0.3, 0.4) is 0 Å². The summed E-state index contributed by atoms with van der Waals surface area (Å²) in [5.74, 6) is 0. The Morgan fingerprint density at radius 3 is 2.40 bits per heavy atom. The number of carbonyl (C=O) groups excluding carboxylic acids is 1. The van der Waals surface area contributed by atoms with Crippen LogP contribution in [0.25, 0.3) is 0 Å². The van der Waals surface area contributed by atoms with E-state index >= 15 is 0 Å². The predicted octanol–water partition coefficient (Wildman–Crippen LogP) is 2.75. The van der Waals surface area contributed by atoms with Crippen molar-refractivity contribution in [3.05, 3.63) is 23.8 Å². The molecule has 0 aromatic heterocycles. The molecule has 0 N–H and O–H groups in total. The molecule has 0 fully saturated rings. The summed E-state index contributed by atoms with van der Waals surface area (Å²) in [5, 5.41) is 0. The Hall–Kier alpha value is 1.12. The number of hydrogen-bond acceptors (Lipinski definition) is 1. The fourth-order valence-corrected chi connectivity index (χ4v) is 0.523. The molecule has 1 nitrogen and oxygen atoms in total. The van der Waals surface area contributed by atoms with Gasteiger partial charge in [0.25, 0.3) is 0 Å². The first-order valence-electron chi connectivity index (χ1n) is 2.42. The van der Waals surface area contributed by atoms with Gasteiger partial charge >= 0.3 is 49.1 Å². The van der Waals surface area contributed by atoms with Crippen molar-refractivity contribution in [2.75, 3.05) is 0 Å². The summed E-state index contributed by atoms with van der Waals surface area (Å²) in [7, 11) is 1.38. The molecule has 0 spiro atoms. The number of rotatable bonds is 1. The van der Waals surface area contributed by atoms with E-state index in [9.17, 15) is 4.79 Å². The summed E-state index contributed by atoms with van der Waals surface area (Å²) in [6, 6.07) is 0. The van der Waals surface area contributed by atoms with Gasteiger partial charge in [-0.1, -0.05) is 0 Å². The van der Waals surface area contributed by atoms with E-state index in [0.29, 0.717) is 0 Å². The molecule has 0 radical (unpaired) electrons. The zero-order valence-corrected chi connectivity index (χ0v) is 10.3. The van der Waals surface area contributed by atoms with Crippen molar-refractivity contribution in [2.24, 2.45) is 0 Å².